The van der Waals surface area contributed by atoms with Gasteiger partial charge in [0.15, 0.2) is 0 Å². The van der Waals surface area contributed by atoms with Crippen LogP contribution >= 0.6 is 0 Å². The molecule has 2 aromatic carbocycles. The average molecular weight is 322 g/mol. The highest BCUT2D eigenvalue weighted by atomic mass is 16.5. The Morgan fingerprint density at radius 3 is 2.62 bits per heavy atom. The lowest BCUT2D eigenvalue weighted by molar-refractivity contribution is 0.317. The topological polar surface area (TPSA) is 51.0 Å². The first-order valence-electron chi connectivity index (χ1n) is 8.70. The number of hydrogen-bond donors (Lipinski definition) is 2. The number of hydrogen-bond acceptors (Lipinski definition) is 2. The Labute approximate surface area is 143 Å². The van der Waals surface area contributed by atoms with E-state index in [2.05, 4.69) is 67.5 Å². The van der Waals surface area contributed by atoms with Crippen LogP contribution < -0.4 is 10.5 Å². The van der Waals surface area contributed by atoms with E-state index < -0.39 is 0 Å². The molecule has 1 unspecified atom stereocenters. The average Bonchev–Trinajstić information content (AvgIpc) is 3.02. The normalized spacial score (nSPS) is 12.5. The number of aromatic amines is 1. The molecule has 0 spiro atoms. The zero-order valence-electron chi connectivity index (χ0n) is 14.5. The third-order valence-electron chi connectivity index (χ3n) is 4.47. The van der Waals surface area contributed by atoms with Gasteiger partial charge < -0.3 is 15.5 Å². The fourth-order valence-electron chi connectivity index (χ4n) is 3.14. The van der Waals surface area contributed by atoms with Gasteiger partial charge >= 0.3 is 0 Å². The van der Waals surface area contributed by atoms with Crippen molar-refractivity contribution < 1.29 is 4.74 Å². The molecule has 0 aliphatic heterocycles. The van der Waals surface area contributed by atoms with Crippen molar-refractivity contribution in [2.45, 2.75) is 32.6 Å². The Hall–Kier alpha value is -2.26. The van der Waals surface area contributed by atoms with Gasteiger partial charge in [-0.05, 0) is 61.7 Å². The molecule has 0 saturated heterocycles. The Morgan fingerprint density at radius 1 is 1.12 bits per heavy atom. The molecule has 3 aromatic rings. The molecule has 0 aliphatic carbocycles. The summed E-state index contributed by atoms with van der Waals surface area (Å²) in [4.78, 5) is 3.37. The summed E-state index contributed by atoms with van der Waals surface area (Å²) in [7, 11) is 0. The van der Waals surface area contributed by atoms with Crippen molar-refractivity contribution in [2.24, 2.45) is 5.73 Å². The molecular formula is C21H26N2O. The summed E-state index contributed by atoms with van der Waals surface area (Å²) in [6.45, 7) is 5.64. The number of rotatable bonds is 7. The first-order chi connectivity index (χ1) is 11.7. The summed E-state index contributed by atoms with van der Waals surface area (Å²) < 4.78 is 5.65. The summed E-state index contributed by atoms with van der Waals surface area (Å²) in [5.74, 6) is 1.25. The third kappa shape index (κ3) is 3.62. The van der Waals surface area contributed by atoms with Gasteiger partial charge in [-0.15, -0.1) is 0 Å². The van der Waals surface area contributed by atoms with E-state index in [1.54, 1.807) is 0 Å². The molecular weight excluding hydrogens is 296 g/mol. The first kappa shape index (κ1) is 16.6. The van der Waals surface area contributed by atoms with E-state index >= 15 is 0 Å². The van der Waals surface area contributed by atoms with E-state index in [9.17, 15) is 0 Å². The maximum Gasteiger partial charge on any atom is 0.119 e. The minimum absolute atomic E-state index is 0.308. The minimum Gasteiger partial charge on any atom is -0.494 e. The van der Waals surface area contributed by atoms with Crippen molar-refractivity contribution in [3.63, 3.8) is 0 Å². The molecule has 0 saturated carbocycles. The smallest absolute Gasteiger partial charge is 0.119 e. The Kier molecular flexibility index (Phi) is 5.21. The van der Waals surface area contributed by atoms with E-state index in [0.717, 1.165) is 25.2 Å². The molecule has 0 aliphatic rings. The number of benzene rings is 2. The van der Waals surface area contributed by atoms with Crippen LogP contribution in [0.3, 0.4) is 0 Å². The molecule has 1 aromatic heterocycles. The van der Waals surface area contributed by atoms with Gasteiger partial charge in [0.05, 0.1) is 6.61 Å². The highest BCUT2D eigenvalue weighted by Crippen LogP contribution is 2.29. The van der Waals surface area contributed by atoms with Crippen LogP contribution in [0.4, 0.5) is 0 Å². The van der Waals surface area contributed by atoms with Crippen molar-refractivity contribution in [3.05, 3.63) is 65.4 Å². The Bertz CT molecular complexity index is 789. The predicted octanol–water partition coefficient (Wildman–Crippen LogP) is 4.55. The summed E-state index contributed by atoms with van der Waals surface area (Å²) in [5, 5.41) is 1.29. The molecule has 3 N–H and O–H groups in total. The standard InChI is InChI=1S/C21H26N2O/c1-3-10-24-18-7-5-16(6-8-18)12-17(13-22)20-14-23-21-9-4-15(2)11-19(20)21/h4-9,11,14,17,23H,3,10,12-13,22H2,1-2H3. The van der Waals surface area contributed by atoms with Gasteiger partial charge in [0.25, 0.3) is 0 Å². The van der Waals surface area contributed by atoms with Crippen molar-refractivity contribution >= 4 is 10.9 Å². The number of aryl methyl sites for hydroxylation is 1. The lowest BCUT2D eigenvalue weighted by atomic mass is 9.91. The maximum atomic E-state index is 6.10. The van der Waals surface area contributed by atoms with Crippen LogP contribution in [0.25, 0.3) is 10.9 Å². The number of ether oxygens (including phenoxy) is 1. The SMILES string of the molecule is CCCOc1ccc(CC(CN)c2c[nH]c3ccc(C)cc23)cc1. The van der Waals surface area contributed by atoms with Gasteiger partial charge in [-0.3, -0.25) is 0 Å². The van der Waals surface area contributed by atoms with Gasteiger partial charge in [-0.25, -0.2) is 0 Å². The van der Waals surface area contributed by atoms with Gasteiger partial charge in [-0.2, -0.15) is 0 Å². The quantitative estimate of drug-likeness (QED) is 0.670. The summed E-state index contributed by atoms with van der Waals surface area (Å²) in [6, 6.07) is 14.9. The van der Waals surface area contributed by atoms with Gasteiger partial charge in [0.2, 0.25) is 0 Å². The molecule has 0 bridgehead atoms. The molecule has 3 nitrogen and oxygen atoms in total. The first-order valence-corrected chi connectivity index (χ1v) is 8.70. The maximum absolute atomic E-state index is 6.10. The molecule has 24 heavy (non-hydrogen) atoms. The summed E-state index contributed by atoms with van der Waals surface area (Å²) in [6.07, 6.45) is 4.07. The lowest BCUT2D eigenvalue weighted by Crippen LogP contribution is -2.14. The Morgan fingerprint density at radius 2 is 1.92 bits per heavy atom. The van der Waals surface area contributed by atoms with Crippen molar-refractivity contribution in [1.82, 2.24) is 4.98 Å². The largest absolute Gasteiger partial charge is 0.494 e. The van der Waals surface area contributed by atoms with Crippen LogP contribution in [0.5, 0.6) is 5.75 Å². The second-order valence-electron chi connectivity index (χ2n) is 6.42. The van der Waals surface area contributed by atoms with Gasteiger partial charge in [0.1, 0.15) is 5.75 Å². The van der Waals surface area contributed by atoms with E-state index in [1.165, 1.54) is 27.6 Å². The van der Waals surface area contributed by atoms with Crippen LogP contribution in [0.1, 0.15) is 36.0 Å². The lowest BCUT2D eigenvalue weighted by Gasteiger charge is -2.15. The number of fused-ring (bicyclic) bond motifs is 1. The number of nitrogens with two attached hydrogens (primary N) is 1. The molecule has 1 atom stereocenters. The Balaban J connectivity index is 1.79. The summed E-state index contributed by atoms with van der Waals surface area (Å²) in [5.41, 5.74) is 11.1. The number of nitrogens with one attached hydrogen (secondary N) is 1. The van der Waals surface area contributed by atoms with Crippen LogP contribution in [0, 0.1) is 6.92 Å². The molecule has 0 amide bonds. The predicted molar refractivity (Wildman–Crippen MR) is 101 cm³/mol. The second kappa shape index (κ2) is 7.54. The minimum atomic E-state index is 0.308. The summed E-state index contributed by atoms with van der Waals surface area (Å²) >= 11 is 0. The fourth-order valence-corrected chi connectivity index (χ4v) is 3.14. The highest BCUT2D eigenvalue weighted by Gasteiger charge is 2.15. The molecule has 0 fully saturated rings. The number of H-pyrrole nitrogens is 1. The molecule has 0 radical (unpaired) electrons. The van der Waals surface area contributed by atoms with Crippen LogP contribution in [0.15, 0.2) is 48.7 Å². The highest BCUT2D eigenvalue weighted by molar-refractivity contribution is 5.84. The van der Waals surface area contributed by atoms with Crippen molar-refractivity contribution in [2.75, 3.05) is 13.2 Å². The molecule has 3 heteroatoms. The van der Waals surface area contributed by atoms with Crippen molar-refractivity contribution in [1.29, 1.82) is 0 Å². The van der Waals surface area contributed by atoms with E-state index in [0.29, 0.717) is 12.5 Å². The van der Waals surface area contributed by atoms with Gasteiger partial charge in [-0.1, -0.05) is 30.7 Å². The van der Waals surface area contributed by atoms with Crippen molar-refractivity contribution in [3.8, 4) is 5.75 Å². The van der Waals surface area contributed by atoms with E-state index in [4.69, 9.17) is 10.5 Å². The van der Waals surface area contributed by atoms with Gasteiger partial charge in [0, 0.05) is 23.0 Å². The number of aromatic nitrogens is 1. The molecule has 3 rings (SSSR count). The zero-order valence-corrected chi connectivity index (χ0v) is 14.5. The fraction of sp³-hybridized carbons (Fsp3) is 0.333. The second-order valence-corrected chi connectivity index (χ2v) is 6.42. The monoisotopic (exact) mass is 322 g/mol. The van der Waals surface area contributed by atoms with Crippen LogP contribution in [0.2, 0.25) is 0 Å². The van der Waals surface area contributed by atoms with Crippen LogP contribution in [-0.2, 0) is 6.42 Å². The zero-order chi connectivity index (χ0) is 16.9. The van der Waals surface area contributed by atoms with Crippen LogP contribution in [-0.4, -0.2) is 18.1 Å². The van der Waals surface area contributed by atoms with E-state index in [-0.39, 0.29) is 0 Å². The molecule has 126 valence electrons. The van der Waals surface area contributed by atoms with E-state index in [1.807, 2.05) is 0 Å². The molecule has 1 heterocycles. The third-order valence-corrected chi connectivity index (χ3v) is 4.47.